The lowest BCUT2D eigenvalue weighted by Gasteiger charge is -2.23. The predicted octanol–water partition coefficient (Wildman–Crippen LogP) is 2.99. The van der Waals surface area contributed by atoms with Crippen LogP contribution in [0.25, 0.3) is 0 Å². The second-order valence-corrected chi connectivity index (χ2v) is 6.12. The Bertz CT molecular complexity index is 778. The number of rotatable bonds is 3. The number of nitrogens with one attached hydrogen (secondary N) is 1. The fraction of sp³-hybridized carbons (Fsp3) is 0.176. The first-order valence-electron chi connectivity index (χ1n) is 7.05. The van der Waals surface area contributed by atoms with Crippen LogP contribution in [0.1, 0.15) is 21.5 Å². The highest BCUT2D eigenvalue weighted by molar-refractivity contribution is 9.10. The van der Waals surface area contributed by atoms with Crippen molar-refractivity contribution in [2.24, 2.45) is 0 Å². The van der Waals surface area contributed by atoms with E-state index in [2.05, 4.69) is 21.2 Å². The zero-order valence-electron chi connectivity index (χ0n) is 12.0. The Morgan fingerprint density at radius 3 is 2.91 bits per heavy atom. The van der Waals surface area contributed by atoms with Gasteiger partial charge in [0.1, 0.15) is 5.82 Å². The molecule has 0 radical (unpaired) electrons. The number of carbonyl (C=O) groups is 2. The lowest BCUT2D eigenvalue weighted by atomic mass is 9.98. The maximum atomic E-state index is 13.7. The number of halogens is 2. The smallest absolute Gasteiger partial charge is 0.339 e. The summed E-state index contributed by atoms with van der Waals surface area (Å²) >= 11 is 3.26. The number of fused-ring (bicyclic) bond motifs is 1. The van der Waals surface area contributed by atoms with E-state index in [1.165, 1.54) is 6.07 Å². The maximum absolute atomic E-state index is 13.7. The van der Waals surface area contributed by atoms with Gasteiger partial charge in [0.15, 0.2) is 6.10 Å². The summed E-state index contributed by atoms with van der Waals surface area (Å²) in [4.78, 5) is 24.1. The average molecular weight is 378 g/mol. The Kier molecular flexibility index (Phi) is 4.43. The van der Waals surface area contributed by atoms with Gasteiger partial charge in [-0.3, -0.25) is 4.79 Å². The van der Waals surface area contributed by atoms with E-state index >= 15 is 0 Å². The van der Waals surface area contributed by atoms with Crippen LogP contribution in [0.5, 0.6) is 0 Å². The minimum atomic E-state index is -0.896. The Hall–Kier alpha value is -2.21. The van der Waals surface area contributed by atoms with Crippen molar-refractivity contribution >= 4 is 27.8 Å². The van der Waals surface area contributed by atoms with Crippen LogP contribution < -0.4 is 5.32 Å². The van der Waals surface area contributed by atoms with Crippen LogP contribution in [-0.2, 0) is 22.5 Å². The van der Waals surface area contributed by atoms with E-state index in [0.717, 1.165) is 10.0 Å². The molecule has 1 unspecified atom stereocenters. The van der Waals surface area contributed by atoms with Gasteiger partial charge in [0.05, 0.1) is 5.56 Å². The number of benzene rings is 2. The van der Waals surface area contributed by atoms with Gasteiger partial charge in [0.2, 0.25) is 0 Å². The Labute approximate surface area is 140 Å². The van der Waals surface area contributed by atoms with Crippen molar-refractivity contribution in [2.45, 2.75) is 19.1 Å². The molecule has 3 rings (SSSR count). The molecule has 6 heteroatoms. The molecule has 1 aliphatic heterocycles. The summed E-state index contributed by atoms with van der Waals surface area (Å²) in [5.74, 6) is -1.35. The molecule has 1 atom stereocenters. The second kappa shape index (κ2) is 6.50. The number of hydrogen-bond donors (Lipinski definition) is 1. The monoisotopic (exact) mass is 377 g/mol. The van der Waals surface area contributed by atoms with Gasteiger partial charge in [-0.2, -0.15) is 0 Å². The zero-order chi connectivity index (χ0) is 16.4. The topological polar surface area (TPSA) is 55.4 Å². The summed E-state index contributed by atoms with van der Waals surface area (Å²) < 4.78 is 19.6. The maximum Gasteiger partial charge on any atom is 0.339 e. The van der Waals surface area contributed by atoms with E-state index in [0.29, 0.717) is 17.5 Å². The van der Waals surface area contributed by atoms with Crippen molar-refractivity contribution in [3.8, 4) is 0 Å². The minimum Gasteiger partial charge on any atom is -0.448 e. The Balaban J connectivity index is 1.68. The third kappa shape index (κ3) is 3.42. The first kappa shape index (κ1) is 15.7. The molecule has 2 aromatic carbocycles. The molecule has 0 aromatic heterocycles. The number of esters is 1. The van der Waals surface area contributed by atoms with Crippen LogP contribution >= 0.6 is 15.9 Å². The fourth-order valence-electron chi connectivity index (χ4n) is 2.45. The zero-order valence-corrected chi connectivity index (χ0v) is 13.6. The first-order valence-corrected chi connectivity index (χ1v) is 7.84. The van der Waals surface area contributed by atoms with Crippen molar-refractivity contribution in [3.05, 3.63) is 69.4 Å². The molecule has 0 fully saturated rings. The second-order valence-electron chi connectivity index (χ2n) is 5.21. The molecule has 0 saturated carbocycles. The number of ether oxygens (including phenoxy) is 1. The van der Waals surface area contributed by atoms with Gasteiger partial charge in [0, 0.05) is 23.0 Å². The van der Waals surface area contributed by atoms with Crippen molar-refractivity contribution in [1.82, 2.24) is 5.32 Å². The standard InChI is InChI=1S/C17H13BrFNO3/c18-12-5-6-14(19)11(7-12)9-20-16(21)15-8-10-3-1-2-4-13(10)17(22)23-15/h1-7,15H,8-9H2,(H,20,21). The first-order chi connectivity index (χ1) is 11.0. The molecule has 0 spiro atoms. The molecule has 23 heavy (non-hydrogen) atoms. The Morgan fingerprint density at radius 2 is 2.09 bits per heavy atom. The van der Waals surface area contributed by atoms with Gasteiger partial charge < -0.3 is 10.1 Å². The van der Waals surface area contributed by atoms with Gasteiger partial charge in [-0.15, -0.1) is 0 Å². The fourth-order valence-corrected chi connectivity index (χ4v) is 2.86. The lowest BCUT2D eigenvalue weighted by molar-refractivity contribution is -0.130. The molecular weight excluding hydrogens is 365 g/mol. The molecule has 0 aliphatic carbocycles. The van der Waals surface area contributed by atoms with Crippen LogP contribution in [0.15, 0.2) is 46.9 Å². The molecule has 0 saturated heterocycles. The predicted molar refractivity (Wildman–Crippen MR) is 85.3 cm³/mol. The summed E-state index contributed by atoms with van der Waals surface area (Å²) in [5.41, 5.74) is 1.61. The van der Waals surface area contributed by atoms with E-state index < -0.39 is 23.8 Å². The summed E-state index contributed by atoms with van der Waals surface area (Å²) in [5, 5.41) is 2.61. The van der Waals surface area contributed by atoms with E-state index in [9.17, 15) is 14.0 Å². The molecule has 1 N–H and O–H groups in total. The Morgan fingerprint density at radius 1 is 1.30 bits per heavy atom. The molecule has 4 nitrogen and oxygen atoms in total. The summed E-state index contributed by atoms with van der Waals surface area (Å²) in [7, 11) is 0. The minimum absolute atomic E-state index is 0.0276. The van der Waals surface area contributed by atoms with Crippen molar-refractivity contribution in [2.75, 3.05) is 0 Å². The molecule has 1 heterocycles. The van der Waals surface area contributed by atoms with Crippen LogP contribution in [0.4, 0.5) is 4.39 Å². The molecular formula is C17H13BrFNO3. The molecule has 0 bridgehead atoms. The molecule has 1 aliphatic rings. The molecule has 2 aromatic rings. The van der Waals surface area contributed by atoms with Crippen LogP contribution in [0, 0.1) is 5.82 Å². The van der Waals surface area contributed by atoms with Gasteiger partial charge in [-0.1, -0.05) is 34.1 Å². The van der Waals surface area contributed by atoms with E-state index in [4.69, 9.17) is 4.74 Å². The summed E-state index contributed by atoms with van der Waals surface area (Å²) in [6, 6.07) is 11.5. The van der Waals surface area contributed by atoms with E-state index in [1.54, 1.807) is 30.3 Å². The van der Waals surface area contributed by atoms with Crippen LogP contribution in [-0.4, -0.2) is 18.0 Å². The normalized spacial score (nSPS) is 16.4. The van der Waals surface area contributed by atoms with Gasteiger partial charge >= 0.3 is 5.97 Å². The van der Waals surface area contributed by atoms with Crippen LogP contribution in [0.2, 0.25) is 0 Å². The highest BCUT2D eigenvalue weighted by atomic mass is 79.9. The van der Waals surface area contributed by atoms with E-state index in [1.807, 2.05) is 6.07 Å². The SMILES string of the molecule is O=C1OC(C(=O)NCc2cc(Br)ccc2F)Cc2ccccc21. The quantitative estimate of drug-likeness (QED) is 0.836. The van der Waals surface area contributed by atoms with Gasteiger partial charge in [-0.05, 0) is 29.8 Å². The lowest BCUT2D eigenvalue weighted by Crippen LogP contribution is -2.41. The number of amides is 1. The van der Waals surface area contributed by atoms with Gasteiger partial charge in [0.25, 0.3) is 5.91 Å². The summed E-state index contributed by atoms with van der Waals surface area (Å²) in [6.07, 6.45) is -0.582. The average Bonchev–Trinajstić information content (AvgIpc) is 2.55. The number of carbonyl (C=O) groups excluding carboxylic acids is 2. The largest absolute Gasteiger partial charge is 0.448 e. The number of hydrogen-bond acceptors (Lipinski definition) is 3. The van der Waals surface area contributed by atoms with E-state index in [-0.39, 0.29) is 6.54 Å². The number of cyclic esters (lactones) is 1. The third-order valence-electron chi connectivity index (χ3n) is 3.65. The van der Waals surface area contributed by atoms with Gasteiger partial charge in [-0.25, -0.2) is 9.18 Å². The third-order valence-corrected chi connectivity index (χ3v) is 4.14. The van der Waals surface area contributed by atoms with Crippen molar-refractivity contribution in [3.63, 3.8) is 0 Å². The summed E-state index contributed by atoms with van der Waals surface area (Å²) in [6.45, 7) is 0.0276. The van der Waals surface area contributed by atoms with Crippen molar-refractivity contribution in [1.29, 1.82) is 0 Å². The molecule has 1 amide bonds. The highest BCUT2D eigenvalue weighted by Gasteiger charge is 2.30. The van der Waals surface area contributed by atoms with Crippen LogP contribution in [0.3, 0.4) is 0 Å². The highest BCUT2D eigenvalue weighted by Crippen LogP contribution is 2.21. The van der Waals surface area contributed by atoms with Crippen molar-refractivity contribution < 1.29 is 18.7 Å². The molecule has 118 valence electrons.